The van der Waals surface area contributed by atoms with Crippen molar-refractivity contribution in [3.05, 3.63) is 37.9 Å². The van der Waals surface area contributed by atoms with Crippen molar-refractivity contribution in [2.45, 2.75) is 37.6 Å². The largest absolute Gasteiger partial charge is 0.394 e. The lowest BCUT2D eigenvalue weighted by Crippen LogP contribution is -2.59. The number of aliphatic hydroxyl groups excluding tert-OH is 4. The third-order valence-corrected chi connectivity index (χ3v) is 3.91. The van der Waals surface area contributed by atoms with E-state index < -0.39 is 58.5 Å². The fourth-order valence-corrected chi connectivity index (χ4v) is 2.37. The van der Waals surface area contributed by atoms with Crippen LogP contribution in [0.25, 0.3) is 0 Å². The summed E-state index contributed by atoms with van der Waals surface area (Å²) in [5.74, 6) is 0. The van der Waals surface area contributed by atoms with Crippen molar-refractivity contribution in [3.63, 3.8) is 0 Å². The van der Waals surface area contributed by atoms with E-state index in [9.17, 15) is 35.5 Å². The molecule has 1 aliphatic heterocycles. The molecule has 1 fully saturated rings. The summed E-state index contributed by atoms with van der Waals surface area (Å²) in [7, 11) is 0. The summed E-state index contributed by atoms with van der Waals surface area (Å²) in [5, 5.41) is 60.3. The summed E-state index contributed by atoms with van der Waals surface area (Å²) >= 11 is 0. The van der Waals surface area contributed by atoms with E-state index in [1.807, 2.05) is 0 Å². The topological polar surface area (TPSA) is 198 Å². The van der Waals surface area contributed by atoms with E-state index in [4.69, 9.17) is 14.7 Å². The number of rotatable bonds is 6. The summed E-state index contributed by atoms with van der Waals surface area (Å²) in [4.78, 5) is 25.3. The minimum Gasteiger partial charge on any atom is -0.394 e. The van der Waals surface area contributed by atoms with Gasteiger partial charge < -0.3 is 25.2 Å². The van der Waals surface area contributed by atoms with Gasteiger partial charge in [-0.2, -0.15) is 0 Å². The van der Waals surface area contributed by atoms with Gasteiger partial charge in [0.15, 0.2) is 0 Å². The molecule has 0 amide bonds. The maximum atomic E-state index is 11.0. The maximum Gasteiger partial charge on any atom is 0.281 e. The van der Waals surface area contributed by atoms with Crippen LogP contribution in [0.5, 0.6) is 0 Å². The highest BCUT2D eigenvalue weighted by atomic mass is 16.8. The first-order valence-corrected chi connectivity index (χ1v) is 7.33. The molecule has 2 rings (SSSR count). The number of non-ortho nitro benzene ring substituents is 1. The molecular formula is C13H17N3O10. The van der Waals surface area contributed by atoms with Crippen molar-refractivity contribution in [3.8, 4) is 0 Å². The number of aliphatic hydroxyl groups is 4. The van der Waals surface area contributed by atoms with Crippen LogP contribution in [0.3, 0.4) is 0 Å². The van der Waals surface area contributed by atoms with Crippen molar-refractivity contribution in [1.29, 1.82) is 0 Å². The second-order valence-corrected chi connectivity index (χ2v) is 5.57. The van der Waals surface area contributed by atoms with E-state index in [-0.39, 0.29) is 11.3 Å². The monoisotopic (exact) mass is 375 g/mol. The quantitative estimate of drug-likeness (QED) is 0.300. The fourth-order valence-electron chi connectivity index (χ4n) is 2.37. The van der Waals surface area contributed by atoms with Gasteiger partial charge in [0.05, 0.1) is 33.8 Å². The number of hydrogen-bond acceptors (Lipinski definition) is 11. The van der Waals surface area contributed by atoms with Crippen LogP contribution in [0, 0.1) is 27.2 Å². The van der Waals surface area contributed by atoms with Gasteiger partial charge in [0.2, 0.25) is 6.29 Å². The molecule has 1 saturated heterocycles. The predicted molar refractivity (Wildman–Crippen MR) is 83.0 cm³/mol. The van der Waals surface area contributed by atoms with Gasteiger partial charge >= 0.3 is 0 Å². The molecule has 0 radical (unpaired) electrons. The standard InChI is InChI=1S/C13H17N3O10/c1-5-7(2-6(15(21)22)3-8(5)16(23)24)14-26-13-12(20)11(19)10(18)9(4-17)25-13/h2-3,9-14,17-20H,4H2,1H3. The van der Waals surface area contributed by atoms with Crippen molar-refractivity contribution in [2.24, 2.45) is 0 Å². The summed E-state index contributed by atoms with van der Waals surface area (Å²) in [6.45, 7) is 0.646. The predicted octanol–water partition coefficient (Wildman–Crippen LogP) is -1.05. The minimum absolute atomic E-state index is 0.0187. The molecule has 1 aliphatic rings. The van der Waals surface area contributed by atoms with Crippen LogP contribution >= 0.6 is 0 Å². The normalized spacial score (nSPS) is 28.6. The highest BCUT2D eigenvalue weighted by molar-refractivity contribution is 5.64. The number of nitrogens with one attached hydrogen (secondary N) is 1. The molecule has 5 atom stereocenters. The zero-order valence-corrected chi connectivity index (χ0v) is 13.4. The van der Waals surface area contributed by atoms with Crippen LogP contribution in [-0.4, -0.2) is 67.6 Å². The third kappa shape index (κ3) is 3.87. The number of hydrogen-bond donors (Lipinski definition) is 5. The molecule has 1 aromatic carbocycles. The van der Waals surface area contributed by atoms with Gasteiger partial charge in [-0.15, -0.1) is 0 Å². The zero-order chi connectivity index (χ0) is 19.6. The van der Waals surface area contributed by atoms with Crippen LogP contribution in [-0.2, 0) is 9.57 Å². The first-order chi connectivity index (χ1) is 12.2. The molecule has 0 spiro atoms. The molecule has 13 heteroatoms. The number of ether oxygens (including phenoxy) is 1. The smallest absolute Gasteiger partial charge is 0.281 e. The highest BCUT2D eigenvalue weighted by Gasteiger charge is 2.44. The van der Waals surface area contributed by atoms with E-state index in [1.165, 1.54) is 6.92 Å². The van der Waals surface area contributed by atoms with Gasteiger partial charge in [-0.1, -0.05) is 0 Å². The molecule has 1 heterocycles. The van der Waals surface area contributed by atoms with Gasteiger partial charge in [0.25, 0.3) is 11.4 Å². The highest BCUT2D eigenvalue weighted by Crippen LogP contribution is 2.32. The summed E-state index contributed by atoms with van der Waals surface area (Å²) in [6, 6.07) is 1.76. The third-order valence-electron chi connectivity index (χ3n) is 3.91. The molecular weight excluding hydrogens is 358 g/mol. The van der Waals surface area contributed by atoms with Crippen molar-refractivity contribution >= 4 is 17.1 Å². The van der Waals surface area contributed by atoms with Crippen molar-refractivity contribution in [1.82, 2.24) is 0 Å². The van der Waals surface area contributed by atoms with Crippen LogP contribution in [0.4, 0.5) is 17.1 Å². The Morgan fingerprint density at radius 3 is 2.35 bits per heavy atom. The first-order valence-electron chi connectivity index (χ1n) is 7.33. The van der Waals surface area contributed by atoms with Gasteiger partial charge in [-0.3, -0.25) is 25.7 Å². The molecule has 0 saturated carbocycles. The van der Waals surface area contributed by atoms with E-state index in [0.717, 1.165) is 12.1 Å². The molecule has 1 aromatic rings. The Kier molecular flexibility index (Phi) is 6.01. The number of nitro groups is 2. The van der Waals surface area contributed by atoms with Crippen LogP contribution in [0.15, 0.2) is 12.1 Å². The summed E-state index contributed by atoms with van der Waals surface area (Å²) in [5.41, 5.74) is 1.00. The second kappa shape index (κ2) is 7.86. The Labute approximate surface area is 145 Å². The van der Waals surface area contributed by atoms with Crippen LogP contribution < -0.4 is 5.48 Å². The average molecular weight is 375 g/mol. The second-order valence-electron chi connectivity index (χ2n) is 5.57. The SMILES string of the molecule is Cc1c(NOC2OC(CO)C(O)C(O)C2O)cc([N+](=O)[O-])cc1[N+](=O)[O-]. The van der Waals surface area contributed by atoms with Gasteiger partial charge in [-0.25, -0.2) is 4.84 Å². The Bertz CT molecular complexity index is 697. The Balaban J connectivity index is 2.23. The Hall–Kier alpha value is -2.42. The number of nitro benzene ring substituents is 2. The maximum absolute atomic E-state index is 11.0. The lowest BCUT2D eigenvalue weighted by molar-refractivity contribution is -0.394. The van der Waals surface area contributed by atoms with Gasteiger partial charge in [0.1, 0.15) is 24.4 Å². The minimum atomic E-state index is -1.71. The van der Waals surface area contributed by atoms with Crippen molar-refractivity contribution in [2.75, 3.05) is 12.1 Å². The number of nitrogens with zero attached hydrogens (tertiary/aromatic N) is 2. The van der Waals surface area contributed by atoms with Crippen LogP contribution in [0.1, 0.15) is 5.56 Å². The molecule has 5 N–H and O–H groups in total. The molecule has 5 unspecified atom stereocenters. The average Bonchev–Trinajstić information content (AvgIpc) is 2.59. The lowest BCUT2D eigenvalue weighted by Gasteiger charge is -2.39. The fraction of sp³-hybridized carbons (Fsp3) is 0.538. The van der Waals surface area contributed by atoms with Gasteiger partial charge in [-0.05, 0) is 6.92 Å². The Morgan fingerprint density at radius 1 is 1.15 bits per heavy atom. The van der Waals surface area contributed by atoms with E-state index in [1.54, 1.807) is 0 Å². The molecule has 13 nitrogen and oxygen atoms in total. The summed E-state index contributed by atoms with van der Waals surface area (Å²) in [6.07, 6.45) is -7.78. The number of benzene rings is 1. The molecule has 26 heavy (non-hydrogen) atoms. The summed E-state index contributed by atoms with van der Waals surface area (Å²) < 4.78 is 5.09. The molecule has 0 aliphatic carbocycles. The number of anilines is 1. The zero-order valence-electron chi connectivity index (χ0n) is 13.4. The lowest BCUT2D eigenvalue weighted by atomic mass is 9.99. The van der Waals surface area contributed by atoms with E-state index in [0.29, 0.717) is 0 Å². The molecule has 144 valence electrons. The Morgan fingerprint density at radius 2 is 1.81 bits per heavy atom. The van der Waals surface area contributed by atoms with Crippen LogP contribution in [0.2, 0.25) is 0 Å². The molecule has 0 aromatic heterocycles. The molecule has 0 bridgehead atoms. The van der Waals surface area contributed by atoms with E-state index in [2.05, 4.69) is 5.48 Å². The first kappa shape index (κ1) is 19.9. The van der Waals surface area contributed by atoms with E-state index >= 15 is 0 Å². The van der Waals surface area contributed by atoms with Gasteiger partial charge in [0, 0.05) is 6.07 Å². The van der Waals surface area contributed by atoms with Crippen molar-refractivity contribution < 1.29 is 39.8 Å².